The number of ether oxygens (including phenoxy) is 1. The molecule has 1 aromatic carbocycles. The molecule has 0 saturated carbocycles. The van der Waals surface area contributed by atoms with Gasteiger partial charge >= 0.3 is 0 Å². The summed E-state index contributed by atoms with van der Waals surface area (Å²) in [5.74, 6) is -0.00905. The molecule has 1 atom stereocenters. The second-order valence-corrected chi connectivity index (χ2v) is 7.77. The van der Waals surface area contributed by atoms with Crippen molar-refractivity contribution < 1.29 is 18.8 Å². The Hall–Kier alpha value is -2.18. The molecule has 2 aromatic rings. The van der Waals surface area contributed by atoms with Crippen molar-refractivity contribution in [3.63, 3.8) is 0 Å². The van der Waals surface area contributed by atoms with Gasteiger partial charge in [0.25, 0.3) is 0 Å². The smallest absolute Gasteiger partial charge is 0.218 e. The van der Waals surface area contributed by atoms with E-state index in [1.54, 1.807) is 7.11 Å². The minimum Gasteiger partial charge on any atom is -0.383 e. The highest BCUT2D eigenvalue weighted by Gasteiger charge is 2.25. The fourth-order valence-corrected chi connectivity index (χ4v) is 4.29. The Labute approximate surface area is 166 Å². The van der Waals surface area contributed by atoms with Gasteiger partial charge in [-0.2, -0.15) is 0 Å². The molecule has 0 unspecified atom stereocenters. The molecular formula is C22H31FN3O2+. The third kappa shape index (κ3) is 4.45. The predicted octanol–water partition coefficient (Wildman–Crippen LogP) is 2.04. The Morgan fingerprint density at radius 3 is 2.46 bits per heavy atom. The zero-order valence-corrected chi connectivity index (χ0v) is 17.3. The summed E-state index contributed by atoms with van der Waals surface area (Å²) in [7, 11) is 1.70. The third-order valence-corrected chi connectivity index (χ3v) is 5.71. The number of aryl methyl sites for hydroxylation is 1. The quantitative estimate of drug-likeness (QED) is 0.738. The number of benzene rings is 1. The van der Waals surface area contributed by atoms with Crippen molar-refractivity contribution in [2.45, 2.75) is 26.8 Å². The van der Waals surface area contributed by atoms with Crippen LogP contribution in [0.4, 0.5) is 10.1 Å². The lowest BCUT2D eigenvalue weighted by molar-refractivity contribution is -0.892. The van der Waals surface area contributed by atoms with Gasteiger partial charge in [-0.3, -0.25) is 4.79 Å². The molecular weight excluding hydrogens is 357 g/mol. The standard InChI is InChI=1S/C22H30FN3O2/c1-16-13-21(18(3)26(16)17(2)15-28-4)22(27)14-24-9-11-25(12-10-24)20-7-5-19(23)6-8-20/h5-8,13,17H,9-12,14-15H2,1-4H3/p+1/t17-/m0/s1. The van der Waals surface area contributed by atoms with Crippen LogP contribution in [0.15, 0.2) is 30.3 Å². The number of nitrogens with zero attached hydrogens (tertiary/aromatic N) is 2. The Bertz CT molecular complexity index is 808. The topological polar surface area (TPSA) is 38.9 Å². The summed E-state index contributed by atoms with van der Waals surface area (Å²) >= 11 is 0. The van der Waals surface area contributed by atoms with Crippen molar-refractivity contribution in [2.24, 2.45) is 0 Å². The van der Waals surface area contributed by atoms with Crippen LogP contribution in [0.5, 0.6) is 0 Å². The normalized spacial score (nSPS) is 16.4. The molecule has 0 amide bonds. The van der Waals surface area contributed by atoms with Gasteiger partial charge in [-0.15, -0.1) is 0 Å². The molecule has 6 heteroatoms. The van der Waals surface area contributed by atoms with Crippen LogP contribution in [0.2, 0.25) is 0 Å². The first-order valence-electron chi connectivity index (χ1n) is 9.95. The van der Waals surface area contributed by atoms with E-state index in [2.05, 4.69) is 16.4 Å². The Morgan fingerprint density at radius 2 is 1.86 bits per heavy atom. The van der Waals surface area contributed by atoms with Gasteiger partial charge < -0.3 is 19.1 Å². The molecule has 1 fully saturated rings. The second kappa shape index (κ2) is 8.88. The summed E-state index contributed by atoms with van der Waals surface area (Å²) in [5.41, 5.74) is 3.99. The highest BCUT2D eigenvalue weighted by atomic mass is 19.1. The molecule has 152 valence electrons. The number of piperazine rings is 1. The van der Waals surface area contributed by atoms with Crippen LogP contribution in [0.25, 0.3) is 0 Å². The first-order valence-corrected chi connectivity index (χ1v) is 9.95. The summed E-state index contributed by atoms with van der Waals surface area (Å²) in [6.45, 7) is 10.9. The first-order chi connectivity index (χ1) is 13.4. The zero-order valence-electron chi connectivity index (χ0n) is 17.3. The molecule has 28 heavy (non-hydrogen) atoms. The minimum absolute atomic E-state index is 0.203. The second-order valence-electron chi connectivity index (χ2n) is 7.77. The summed E-state index contributed by atoms with van der Waals surface area (Å²) in [4.78, 5) is 16.5. The van der Waals surface area contributed by atoms with Gasteiger partial charge in [0.15, 0.2) is 0 Å². The predicted molar refractivity (Wildman–Crippen MR) is 109 cm³/mol. The number of carbonyl (C=O) groups is 1. The number of rotatable bonds is 7. The number of quaternary nitrogens is 1. The summed E-state index contributed by atoms with van der Waals surface area (Å²) in [6, 6.07) is 8.86. The van der Waals surface area contributed by atoms with Crippen LogP contribution in [0, 0.1) is 19.7 Å². The van der Waals surface area contributed by atoms with Gasteiger partial charge in [0, 0.05) is 29.7 Å². The summed E-state index contributed by atoms with van der Waals surface area (Å²) in [6.07, 6.45) is 0. The van der Waals surface area contributed by atoms with Crippen molar-refractivity contribution >= 4 is 11.5 Å². The molecule has 0 radical (unpaired) electrons. The number of aromatic nitrogens is 1. The Kier molecular flexibility index (Phi) is 6.52. The highest BCUT2D eigenvalue weighted by Crippen LogP contribution is 2.21. The van der Waals surface area contributed by atoms with Crippen LogP contribution in [-0.2, 0) is 4.74 Å². The van der Waals surface area contributed by atoms with E-state index in [1.165, 1.54) is 17.0 Å². The van der Waals surface area contributed by atoms with E-state index >= 15 is 0 Å². The van der Waals surface area contributed by atoms with Gasteiger partial charge in [-0.25, -0.2) is 4.39 Å². The number of ketones is 1. The maximum Gasteiger partial charge on any atom is 0.218 e. The zero-order chi connectivity index (χ0) is 20.3. The van der Waals surface area contributed by atoms with Crippen molar-refractivity contribution in [3.8, 4) is 0 Å². The minimum atomic E-state index is -0.212. The molecule has 1 aromatic heterocycles. The first kappa shape index (κ1) is 20.6. The molecule has 5 nitrogen and oxygen atoms in total. The third-order valence-electron chi connectivity index (χ3n) is 5.71. The van der Waals surface area contributed by atoms with Gasteiger partial charge in [-0.05, 0) is 51.1 Å². The molecule has 1 aliphatic heterocycles. The number of carbonyl (C=O) groups excluding carboxylic acids is 1. The lowest BCUT2D eigenvalue weighted by Gasteiger charge is -2.33. The van der Waals surface area contributed by atoms with Crippen LogP contribution in [0.3, 0.4) is 0 Å². The Morgan fingerprint density at radius 1 is 1.21 bits per heavy atom. The van der Waals surface area contributed by atoms with E-state index in [4.69, 9.17) is 4.74 Å². The number of hydrogen-bond donors (Lipinski definition) is 1. The number of hydrogen-bond acceptors (Lipinski definition) is 3. The SMILES string of the molecule is COC[C@H](C)n1c(C)cc(C(=O)C[NH+]2CCN(c3ccc(F)cc3)CC2)c1C. The monoisotopic (exact) mass is 388 g/mol. The molecule has 0 spiro atoms. The molecule has 3 rings (SSSR count). The van der Waals surface area contributed by atoms with Gasteiger partial charge in [0.1, 0.15) is 12.4 Å². The molecule has 2 heterocycles. The lowest BCUT2D eigenvalue weighted by Crippen LogP contribution is -3.15. The molecule has 1 saturated heterocycles. The lowest BCUT2D eigenvalue weighted by atomic mass is 10.1. The molecule has 0 aliphatic carbocycles. The number of anilines is 1. The van der Waals surface area contributed by atoms with Crippen LogP contribution in [0.1, 0.15) is 34.7 Å². The van der Waals surface area contributed by atoms with E-state index in [9.17, 15) is 9.18 Å². The highest BCUT2D eigenvalue weighted by molar-refractivity contribution is 5.98. The Balaban J connectivity index is 1.60. The maximum atomic E-state index is 13.1. The van der Waals surface area contributed by atoms with Crippen molar-refractivity contribution in [2.75, 3.05) is 51.3 Å². The number of methoxy groups -OCH3 is 1. The fourth-order valence-electron chi connectivity index (χ4n) is 4.29. The van der Waals surface area contributed by atoms with Crippen LogP contribution >= 0.6 is 0 Å². The molecule has 1 N–H and O–H groups in total. The van der Waals surface area contributed by atoms with Gasteiger partial charge in [0.2, 0.25) is 5.78 Å². The van der Waals surface area contributed by atoms with E-state index in [1.807, 2.05) is 32.0 Å². The number of halogens is 1. The molecule has 0 bridgehead atoms. The van der Waals surface area contributed by atoms with E-state index < -0.39 is 0 Å². The number of Topliss-reactive ketones (excluding diaryl/α,β-unsaturated/α-hetero) is 1. The molecule has 1 aliphatic rings. The van der Waals surface area contributed by atoms with Gasteiger partial charge in [-0.1, -0.05) is 0 Å². The maximum absolute atomic E-state index is 13.1. The van der Waals surface area contributed by atoms with Crippen molar-refractivity contribution in [3.05, 3.63) is 53.1 Å². The number of nitrogens with one attached hydrogen (secondary N) is 1. The van der Waals surface area contributed by atoms with Crippen LogP contribution < -0.4 is 9.80 Å². The van der Waals surface area contributed by atoms with E-state index in [0.29, 0.717) is 13.2 Å². The largest absolute Gasteiger partial charge is 0.383 e. The summed E-state index contributed by atoms with van der Waals surface area (Å²) in [5, 5.41) is 0. The fraction of sp³-hybridized carbons (Fsp3) is 0.500. The van der Waals surface area contributed by atoms with E-state index in [-0.39, 0.29) is 17.6 Å². The van der Waals surface area contributed by atoms with E-state index in [0.717, 1.165) is 48.8 Å². The summed E-state index contributed by atoms with van der Waals surface area (Å²) < 4.78 is 20.6. The van der Waals surface area contributed by atoms with Crippen molar-refractivity contribution in [1.82, 2.24) is 4.57 Å². The van der Waals surface area contributed by atoms with Crippen LogP contribution in [-0.4, -0.2) is 56.8 Å². The average Bonchev–Trinajstić information content (AvgIpc) is 2.97. The average molecular weight is 389 g/mol. The van der Waals surface area contributed by atoms with Gasteiger partial charge in [0.05, 0.1) is 38.8 Å². The van der Waals surface area contributed by atoms with Crippen molar-refractivity contribution in [1.29, 1.82) is 0 Å².